The van der Waals surface area contributed by atoms with Crippen LogP contribution in [0.3, 0.4) is 0 Å². The molecule has 0 saturated carbocycles. The summed E-state index contributed by atoms with van der Waals surface area (Å²) < 4.78 is 4.76. The molecule has 0 radical (unpaired) electrons. The Kier molecular flexibility index (Phi) is 9.21. The largest absolute Gasteiger partial charge is 0.468 e. The molecular formula is C14H28N2O3. The van der Waals surface area contributed by atoms with Crippen LogP contribution in [-0.4, -0.2) is 37.6 Å². The van der Waals surface area contributed by atoms with Gasteiger partial charge in [-0.15, -0.1) is 0 Å². The minimum atomic E-state index is -0.412. The van der Waals surface area contributed by atoms with E-state index >= 15 is 0 Å². The maximum Gasteiger partial charge on any atom is 0.322 e. The molecule has 2 atom stereocenters. The van der Waals surface area contributed by atoms with E-state index in [0.717, 1.165) is 12.8 Å². The van der Waals surface area contributed by atoms with E-state index < -0.39 is 12.1 Å². The zero-order chi connectivity index (χ0) is 14.8. The molecule has 1 amide bonds. The average Bonchev–Trinajstić information content (AvgIpc) is 2.39. The molecule has 2 N–H and O–H groups in total. The van der Waals surface area contributed by atoms with Gasteiger partial charge in [0.25, 0.3) is 0 Å². The fourth-order valence-corrected chi connectivity index (χ4v) is 1.66. The van der Waals surface area contributed by atoms with Gasteiger partial charge in [0.05, 0.1) is 13.2 Å². The highest BCUT2D eigenvalue weighted by Crippen LogP contribution is 2.04. The van der Waals surface area contributed by atoms with Crippen molar-refractivity contribution < 1.29 is 14.3 Å². The number of ether oxygens (including phenoxy) is 1. The van der Waals surface area contributed by atoms with E-state index in [-0.39, 0.29) is 11.9 Å². The van der Waals surface area contributed by atoms with E-state index in [2.05, 4.69) is 17.6 Å². The lowest BCUT2D eigenvalue weighted by molar-refractivity contribution is -0.143. The highest BCUT2D eigenvalue weighted by molar-refractivity contribution is 5.83. The van der Waals surface area contributed by atoms with Crippen molar-refractivity contribution >= 4 is 11.9 Å². The van der Waals surface area contributed by atoms with Crippen LogP contribution in [0.1, 0.15) is 47.0 Å². The number of rotatable bonds is 9. The molecular weight excluding hydrogens is 244 g/mol. The lowest BCUT2D eigenvalue weighted by Gasteiger charge is -2.21. The molecule has 0 rings (SSSR count). The van der Waals surface area contributed by atoms with E-state index in [9.17, 15) is 9.59 Å². The predicted molar refractivity (Wildman–Crippen MR) is 75.8 cm³/mol. The van der Waals surface area contributed by atoms with Crippen LogP contribution >= 0.6 is 0 Å². The van der Waals surface area contributed by atoms with Crippen LogP contribution in [0.2, 0.25) is 0 Å². The first-order chi connectivity index (χ1) is 8.92. The first kappa shape index (κ1) is 17.9. The Morgan fingerprint density at radius 2 is 1.84 bits per heavy atom. The Labute approximate surface area is 116 Å². The molecule has 2 unspecified atom stereocenters. The van der Waals surface area contributed by atoms with Gasteiger partial charge < -0.3 is 10.1 Å². The van der Waals surface area contributed by atoms with Crippen LogP contribution < -0.4 is 10.6 Å². The SMILES string of the molecule is CCCCC(NC(C)C(=O)NCC(C)C)C(=O)OC. The van der Waals surface area contributed by atoms with Crippen LogP contribution in [-0.2, 0) is 14.3 Å². The van der Waals surface area contributed by atoms with Crippen LogP contribution in [0.4, 0.5) is 0 Å². The second-order valence-electron chi connectivity index (χ2n) is 5.25. The van der Waals surface area contributed by atoms with Gasteiger partial charge in [0.15, 0.2) is 0 Å². The number of unbranched alkanes of at least 4 members (excludes halogenated alkanes) is 1. The lowest BCUT2D eigenvalue weighted by atomic mass is 10.1. The molecule has 19 heavy (non-hydrogen) atoms. The van der Waals surface area contributed by atoms with Gasteiger partial charge in [-0.2, -0.15) is 0 Å². The smallest absolute Gasteiger partial charge is 0.322 e. The highest BCUT2D eigenvalue weighted by Gasteiger charge is 2.23. The minimum absolute atomic E-state index is 0.0842. The third-order valence-corrected chi connectivity index (χ3v) is 2.86. The minimum Gasteiger partial charge on any atom is -0.468 e. The van der Waals surface area contributed by atoms with Gasteiger partial charge in [-0.25, -0.2) is 0 Å². The molecule has 0 aliphatic carbocycles. The number of carbonyl (C=O) groups excluding carboxylic acids is 2. The van der Waals surface area contributed by atoms with E-state index in [1.807, 2.05) is 13.8 Å². The fraction of sp³-hybridized carbons (Fsp3) is 0.857. The fourth-order valence-electron chi connectivity index (χ4n) is 1.66. The van der Waals surface area contributed by atoms with Gasteiger partial charge in [-0.3, -0.25) is 14.9 Å². The van der Waals surface area contributed by atoms with Crippen LogP contribution in [0.15, 0.2) is 0 Å². The molecule has 112 valence electrons. The van der Waals surface area contributed by atoms with E-state index in [0.29, 0.717) is 18.9 Å². The molecule has 0 aromatic heterocycles. The van der Waals surface area contributed by atoms with E-state index in [1.165, 1.54) is 7.11 Å². The number of amides is 1. The summed E-state index contributed by atoms with van der Waals surface area (Å²) in [7, 11) is 1.37. The van der Waals surface area contributed by atoms with Gasteiger partial charge in [0.2, 0.25) is 5.91 Å². The molecule has 0 fully saturated rings. The number of carbonyl (C=O) groups is 2. The highest BCUT2D eigenvalue weighted by atomic mass is 16.5. The summed E-state index contributed by atoms with van der Waals surface area (Å²) in [6.07, 6.45) is 2.61. The Hall–Kier alpha value is -1.10. The number of hydrogen-bond acceptors (Lipinski definition) is 4. The monoisotopic (exact) mass is 272 g/mol. The van der Waals surface area contributed by atoms with Crippen molar-refractivity contribution in [3.05, 3.63) is 0 Å². The number of nitrogens with one attached hydrogen (secondary N) is 2. The van der Waals surface area contributed by atoms with Gasteiger partial charge >= 0.3 is 5.97 Å². The summed E-state index contributed by atoms with van der Waals surface area (Å²) in [6, 6.07) is -0.815. The first-order valence-electron chi connectivity index (χ1n) is 7.03. The van der Waals surface area contributed by atoms with Crippen molar-refractivity contribution in [1.82, 2.24) is 10.6 Å². The third kappa shape index (κ3) is 7.82. The summed E-state index contributed by atoms with van der Waals surface area (Å²) in [6.45, 7) is 8.54. The molecule has 0 aromatic rings. The molecule has 5 nitrogen and oxygen atoms in total. The second-order valence-corrected chi connectivity index (χ2v) is 5.25. The van der Waals surface area contributed by atoms with Crippen molar-refractivity contribution in [1.29, 1.82) is 0 Å². The summed E-state index contributed by atoms with van der Waals surface area (Å²) in [4.78, 5) is 23.5. The zero-order valence-electron chi connectivity index (χ0n) is 12.8. The predicted octanol–water partition coefficient (Wildman–Crippen LogP) is 1.47. The Bertz CT molecular complexity index is 280. The normalized spacial score (nSPS) is 14.0. The molecule has 0 aliphatic heterocycles. The zero-order valence-corrected chi connectivity index (χ0v) is 12.8. The van der Waals surface area contributed by atoms with Gasteiger partial charge in [0, 0.05) is 6.54 Å². The standard InChI is InChI=1S/C14H28N2O3/c1-6-7-8-12(14(18)19-5)16-11(4)13(17)15-9-10(2)3/h10-12,16H,6-9H2,1-5H3,(H,15,17). The van der Waals surface area contributed by atoms with Gasteiger partial charge in [-0.05, 0) is 19.3 Å². The van der Waals surface area contributed by atoms with E-state index in [4.69, 9.17) is 4.74 Å². The van der Waals surface area contributed by atoms with Crippen molar-refractivity contribution in [2.45, 2.75) is 59.0 Å². The van der Waals surface area contributed by atoms with E-state index in [1.54, 1.807) is 6.92 Å². The molecule has 0 heterocycles. The Balaban J connectivity index is 4.31. The average molecular weight is 272 g/mol. The van der Waals surface area contributed by atoms with Crippen molar-refractivity contribution in [2.75, 3.05) is 13.7 Å². The number of methoxy groups -OCH3 is 1. The quantitative estimate of drug-likeness (QED) is 0.624. The maximum absolute atomic E-state index is 11.8. The maximum atomic E-state index is 11.8. The lowest BCUT2D eigenvalue weighted by Crippen LogP contribution is -2.50. The molecule has 0 bridgehead atoms. The Morgan fingerprint density at radius 1 is 1.21 bits per heavy atom. The molecule has 5 heteroatoms. The topological polar surface area (TPSA) is 67.4 Å². The first-order valence-corrected chi connectivity index (χ1v) is 7.03. The number of hydrogen-bond donors (Lipinski definition) is 2. The summed E-state index contributed by atoms with van der Waals surface area (Å²) in [5.74, 6) is 0.0173. The molecule has 0 spiro atoms. The van der Waals surface area contributed by atoms with Crippen LogP contribution in [0.25, 0.3) is 0 Å². The molecule has 0 saturated heterocycles. The second kappa shape index (κ2) is 9.78. The summed E-state index contributed by atoms with van der Waals surface area (Å²) in [5.41, 5.74) is 0. The van der Waals surface area contributed by atoms with Gasteiger partial charge in [0.1, 0.15) is 6.04 Å². The van der Waals surface area contributed by atoms with Crippen molar-refractivity contribution in [2.24, 2.45) is 5.92 Å². The van der Waals surface area contributed by atoms with Crippen molar-refractivity contribution in [3.8, 4) is 0 Å². The van der Waals surface area contributed by atoms with Crippen molar-refractivity contribution in [3.63, 3.8) is 0 Å². The van der Waals surface area contributed by atoms with Crippen LogP contribution in [0, 0.1) is 5.92 Å². The summed E-state index contributed by atoms with van der Waals surface area (Å²) >= 11 is 0. The molecule has 0 aliphatic rings. The summed E-state index contributed by atoms with van der Waals surface area (Å²) in [5, 5.41) is 5.89. The molecule has 0 aromatic carbocycles. The third-order valence-electron chi connectivity index (χ3n) is 2.86. The van der Waals surface area contributed by atoms with Gasteiger partial charge in [-0.1, -0.05) is 33.6 Å². The number of esters is 1. The Morgan fingerprint density at radius 3 is 2.32 bits per heavy atom. The van der Waals surface area contributed by atoms with Crippen LogP contribution in [0.5, 0.6) is 0 Å².